The number of aromatic nitrogens is 4. The van der Waals surface area contributed by atoms with Gasteiger partial charge in [-0.05, 0) is 31.2 Å². The molecule has 6 nitrogen and oxygen atoms in total. The number of pyridine rings is 1. The number of benzene rings is 1. The molecule has 0 saturated heterocycles. The first-order chi connectivity index (χ1) is 13.0. The van der Waals surface area contributed by atoms with Crippen molar-refractivity contribution < 1.29 is 4.79 Å². The van der Waals surface area contributed by atoms with E-state index in [0.717, 1.165) is 28.2 Å². The van der Waals surface area contributed by atoms with Gasteiger partial charge < -0.3 is 5.73 Å². The molecule has 2 N–H and O–H groups in total. The number of fused-ring (bicyclic) bond motifs is 1. The van der Waals surface area contributed by atoms with Gasteiger partial charge in [0.25, 0.3) is 0 Å². The Bertz CT molecular complexity index is 1130. The smallest absolute Gasteiger partial charge is 0.223 e. The number of carbonyl (C=O) groups excluding carboxylic acids is 1. The second kappa shape index (κ2) is 6.89. The van der Waals surface area contributed by atoms with Crippen molar-refractivity contribution in [2.45, 2.75) is 19.9 Å². The zero-order valence-corrected chi connectivity index (χ0v) is 15.5. The highest BCUT2D eigenvalue weighted by molar-refractivity contribution is 6.31. The van der Waals surface area contributed by atoms with E-state index in [-0.39, 0.29) is 6.42 Å². The van der Waals surface area contributed by atoms with Gasteiger partial charge in [0.15, 0.2) is 0 Å². The summed E-state index contributed by atoms with van der Waals surface area (Å²) in [4.78, 5) is 11.1. The van der Waals surface area contributed by atoms with Crippen LogP contribution in [0.5, 0.6) is 0 Å². The van der Waals surface area contributed by atoms with Gasteiger partial charge in [0.1, 0.15) is 0 Å². The summed E-state index contributed by atoms with van der Waals surface area (Å²) >= 11 is 6.33. The van der Waals surface area contributed by atoms with E-state index >= 15 is 0 Å². The summed E-state index contributed by atoms with van der Waals surface area (Å²) < 4.78 is 3.70. The number of primary amides is 1. The Morgan fingerprint density at radius 2 is 1.89 bits per heavy atom. The van der Waals surface area contributed by atoms with Crippen LogP contribution in [0.15, 0.2) is 54.6 Å². The van der Waals surface area contributed by atoms with Gasteiger partial charge in [-0.3, -0.25) is 9.48 Å². The van der Waals surface area contributed by atoms with Crippen molar-refractivity contribution >= 4 is 23.0 Å². The molecule has 4 rings (SSSR count). The Kier molecular flexibility index (Phi) is 4.41. The lowest BCUT2D eigenvalue weighted by Gasteiger charge is -2.08. The minimum Gasteiger partial charge on any atom is -0.369 e. The summed E-state index contributed by atoms with van der Waals surface area (Å²) in [5, 5.41) is 9.86. The quantitative estimate of drug-likeness (QED) is 0.578. The number of halogens is 1. The molecule has 0 unspecified atom stereocenters. The molecule has 7 heteroatoms. The first kappa shape index (κ1) is 17.3. The Morgan fingerprint density at radius 3 is 2.63 bits per heavy atom. The van der Waals surface area contributed by atoms with Crippen LogP contribution in [0.4, 0.5) is 0 Å². The fraction of sp³-hybridized carbons (Fsp3) is 0.150. The maximum atomic E-state index is 11.1. The van der Waals surface area contributed by atoms with Gasteiger partial charge in [0.05, 0.1) is 35.6 Å². The number of rotatable bonds is 5. The fourth-order valence-corrected chi connectivity index (χ4v) is 3.39. The highest BCUT2D eigenvalue weighted by Crippen LogP contribution is 2.24. The van der Waals surface area contributed by atoms with Crippen LogP contribution in [0, 0.1) is 6.92 Å². The molecule has 0 spiro atoms. The number of hydrogen-bond acceptors (Lipinski definition) is 3. The Balaban J connectivity index is 1.74. The van der Waals surface area contributed by atoms with Crippen molar-refractivity contribution in [3.05, 3.63) is 76.7 Å². The lowest BCUT2D eigenvalue weighted by Crippen LogP contribution is -2.14. The largest absolute Gasteiger partial charge is 0.369 e. The van der Waals surface area contributed by atoms with E-state index in [1.54, 1.807) is 0 Å². The van der Waals surface area contributed by atoms with Crippen molar-refractivity contribution in [1.82, 2.24) is 19.4 Å². The van der Waals surface area contributed by atoms with E-state index < -0.39 is 5.91 Å². The molecule has 3 aromatic heterocycles. The average Bonchev–Trinajstić information content (AvgIpc) is 3.19. The predicted octanol–water partition coefficient (Wildman–Crippen LogP) is 3.24. The molecule has 0 aliphatic heterocycles. The third kappa shape index (κ3) is 3.57. The van der Waals surface area contributed by atoms with Crippen LogP contribution in [-0.2, 0) is 17.8 Å². The number of carbonyl (C=O) groups is 1. The predicted molar refractivity (Wildman–Crippen MR) is 105 cm³/mol. The Labute approximate surface area is 161 Å². The molecule has 0 saturated carbocycles. The molecule has 0 atom stereocenters. The molecule has 27 heavy (non-hydrogen) atoms. The highest BCUT2D eigenvalue weighted by Gasteiger charge is 2.12. The minimum absolute atomic E-state index is 0.124. The molecule has 136 valence electrons. The number of nitrogens with zero attached hydrogens (tertiary/aromatic N) is 4. The molecule has 0 radical (unpaired) electrons. The van der Waals surface area contributed by atoms with E-state index in [9.17, 15) is 4.79 Å². The zero-order chi connectivity index (χ0) is 19.0. The van der Waals surface area contributed by atoms with Crippen molar-refractivity contribution in [3.8, 4) is 11.3 Å². The average molecular weight is 380 g/mol. The minimum atomic E-state index is -0.399. The molecule has 1 aromatic carbocycles. The van der Waals surface area contributed by atoms with Crippen molar-refractivity contribution in [1.29, 1.82) is 0 Å². The van der Waals surface area contributed by atoms with Gasteiger partial charge in [-0.15, -0.1) is 0 Å². The third-order valence-electron chi connectivity index (χ3n) is 4.37. The first-order valence-corrected chi connectivity index (χ1v) is 8.92. The second-order valence-electron chi connectivity index (χ2n) is 6.47. The Hall–Kier alpha value is -3.12. The van der Waals surface area contributed by atoms with Gasteiger partial charge in [-0.2, -0.15) is 10.2 Å². The monoisotopic (exact) mass is 379 g/mol. The molecule has 1 amide bonds. The first-order valence-electron chi connectivity index (χ1n) is 8.55. The van der Waals surface area contributed by atoms with Gasteiger partial charge >= 0.3 is 0 Å². The molecular weight excluding hydrogens is 362 g/mol. The fourth-order valence-electron chi connectivity index (χ4n) is 3.15. The SMILES string of the molecule is Cc1cc(CC(N)=O)nn1Cc1cc(Cl)cc2cc(-c3ccccc3)nn12. The molecule has 3 heterocycles. The molecule has 4 aromatic rings. The van der Waals surface area contributed by atoms with E-state index in [2.05, 4.69) is 5.10 Å². The molecular formula is C20H18ClN5O. The van der Waals surface area contributed by atoms with Crippen molar-refractivity contribution in [2.24, 2.45) is 5.73 Å². The summed E-state index contributed by atoms with van der Waals surface area (Å²) in [7, 11) is 0. The number of aryl methyl sites for hydroxylation is 1. The van der Waals surface area contributed by atoms with Crippen LogP contribution in [0.3, 0.4) is 0 Å². The van der Waals surface area contributed by atoms with Crippen molar-refractivity contribution in [3.63, 3.8) is 0 Å². The van der Waals surface area contributed by atoms with Crippen LogP contribution >= 0.6 is 11.6 Å². The molecule has 0 aliphatic carbocycles. The van der Waals surface area contributed by atoms with E-state index in [4.69, 9.17) is 22.4 Å². The van der Waals surface area contributed by atoms with Gasteiger partial charge in [-0.1, -0.05) is 41.9 Å². The molecule has 0 bridgehead atoms. The topological polar surface area (TPSA) is 78.2 Å². The molecule has 0 fully saturated rings. The van der Waals surface area contributed by atoms with Crippen molar-refractivity contribution in [2.75, 3.05) is 0 Å². The maximum Gasteiger partial charge on any atom is 0.223 e. The van der Waals surface area contributed by atoms with Crippen LogP contribution < -0.4 is 5.73 Å². The molecule has 0 aliphatic rings. The normalized spacial score (nSPS) is 11.2. The maximum absolute atomic E-state index is 11.1. The van der Waals surface area contributed by atoms with E-state index in [1.165, 1.54) is 0 Å². The van der Waals surface area contributed by atoms with Crippen LogP contribution in [0.2, 0.25) is 5.02 Å². The standard InChI is InChI=1S/C20H18ClN5O/c1-13-7-16(10-20(22)27)23-25(13)12-18-9-15(21)8-17-11-19(24-26(17)18)14-5-3-2-4-6-14/h2-9,11H,10,12H2,1H3,(H2,22,27). The van der Waals surface area contributed by atoms with E-state index in [1.807, 2.05) is 70.7 Å². The van der Waals surface area contributed by atoms with Gasteiger partial charge in [0.2, 0.25) is 5.91 Å². The lowest BCUT2D eigenvalue weighted by molar-refractivity contribution is -0.117. The van der Waals surface area contributed by atoms with E-state index in [0.29, 0.717) is 17.3 Å². The highest BCUT2D eigenvalue weighted by atomic mass is 35.5. The van der Waals surface area contributed by atoms with Crippen LogP contribution in [0.25, 0.3) is 16.8 Å². The zero-order valence-electron chi connectivity index (χ0n) is 14.8. The lowest BCUT2D eigenvalue weighted by atomic mass is 10.1. The number of nitrogens with two attached hydrogens (primary N) is 1. The third-order valence-corrected chi connectivity index (χ3v) is 4.59. The summed E-state index contributed by atoms with van der Waals surface area (Å²) in [5.41, 5.74) is 10.6. The second-order valence-corrected chi connectivity index (χ2v) is 6.91. The van der Waals surface area contributed by atoms with Gasteiger partial charge in [-0.25, -0.2) is 4.52 Å². The number of amides is 1. The summed E-state index contributed by atoms with van der Waals surface area (Å²) in [6.07, 6.45) is 0.124. The van der Waals surface area contributed by atoms with Gasteiger partial charge in [0, 0.05) is 16.3 Å². The van der Waals surface area contributed by atoms with Crippen LogP contribution in [-0.4, -0.2) is 25.3 Å². The number of hydrogen-bond donors (Lipinski definition) is 1. The summed E-state index contributed by atoms with van der Waals surface area (Å²) in [5.74, 6) is -0.399. The van der Waals surface area contributed by atoms with Crippen LogP contribution in [0.1, 0.15) is 17.1 Å². The summed E-state index contributed by atoms with van der Waals surface area (Å²) in [6.45, 7) is 2.43. The Morgan fingerprint density at radius 1 is 1.11 bits per heavy atom. The summed E-state index contributed by atoms with van der Waals surface area (Å²) in [6, 6.07) is 17.6.